The highest BCUT2D eigenvalue weighted by atomic mass is 19.1. The zero-order chi connectivity index (χ0) is 17.9. The van der Waals surface area contributed by atoms with Crippen LogP contribution in [0.3, 0.4) is 0 Å². The van der Waals surface area contributed by atoms with Crippen molar-refractivity contribution in [3.8, 4) is 5.69 Å². The van der Waals surface area contributed by atoms with Crippen molar-refractivity contribution in [2.75, 3.05) is 31.2 Å². The third-order valence-corrected chi connectivity index (χ3v) is 4.57. The van der Waals surface area contributed by atoms with Gasteiger partial charge in [0, 0.05) is 37.1 Å². The van der Waals surface area contributed by atoms with Crippen molar-refractivity contribution >= 4 is 5.69 Å². The molecule has 0 atom stereocenters. The molecule has 1 aromatic heterocycles. The van der Waals surface area contributed by atoms with E-state index < -0.39 is 11.6 Å². The van der Waals surface area contributed by atoms with E-state index in [4.69, 9.17) is 4.74 Å². The Morgan fingerprint density at radius 3 is 2.42 bits per heavy atom. The number of ether oxygens (including phenoxy) is 1. The minimum atomic E-state index is -0.442. The average molecular weight is 355 g/mol. The van der Waals surface area contributed by atoms with Gasteiger partial charge in [-0.15, -0.1) is 0 Å². The summed E-state index contributed by atoms with van der Waals surface area (Å²) in [5, 5.41) is 4.34. The third kappa shape index (κ3) is 3.46. The van der Waals surface area contributed by atoms with E-state index in [1.54, 1.807) is 10.9 Å². The van der Waals surface area contributed by atoms with E-state index in [2.05, 4.69) is 22.1 Å². The van der Waals surface area contributed by atoms with Gasteiger partial charge in [0.1, 0.15) is 11.6 Å². The molecule has 3 aromatic rings. The number of rotatable bonds is 4. The Morgan fingerprint density at radius 2 is 1.65 bits per heavy atom. The molecule has 0 aliphatic carbocycles. The van der Waals surface area contributed by atoms with Gasteiger partial charge in [-0.2, -0.15) is 5.10 Å². The molecule has 0 amide bonds. The second-order valence-corrected chi connectivity index (χ2v) is 6.26. The van der Waals surface area contributed by atoms with Crippen LogP contribution in [0.5, 0.6) is 0 Å². The molecule has 0 saturated carbocycles. The van der Waals surface area contributed by atoms with Crippen LogP contribution in [-0.2, 0) is 11.2 Å². The lowest BCUT2D eigenvalue weighted by Gasteiger charge is -2.28. The molecule has 0 bridgehead atoms. The molecule has 1 aliphatic rings. The lowest BCUT2D eigenvalue weighted by molar-refractivity contribution is 0.122. The minimum absolute atomic E-state index is 0.273. The van der Waals surface area contributed by atoms with Crippen molar-refractivity contribution in [3.05, 3.63) is 77.6 Å². The van der Waals surface area contributed by atoms with Gasteiger partial charge in [0.15, 0.2) is 0 Å². The van der Waals surface area contributed by atoms with Gasteiger partial charge in [0.2, 0.25) is 0 Å². The quantitative estimate of drug-likeness (QED) is 0.717. The molecule has 0 spiro atoms. The van der Waals surface area contributed by atoms with E-state index in [9.17, 15) is 8.78 Å². The van der Waals surface area contributed by atoms with Gasteiger partial charge >= 0.3 is 0 Å². The van der Waals surface area contributed by atoms with E-state index in [1.807, 2.05) is 18.2 Å². The first-order valence-corrected chi connectivity index (χ1v) is 8.61. The summed E-state index contributed by atoms with van der Waals surface area (Å²) in [4.78, 5) is 2.28. The molecule has 0 radical (unpaired) electrons. The summed E-state index contributed by atoms with van der Waals surface area (Å²) in [5.41, 5.74) is 3.14. The van der Waals surface area contributed by atoms with E-state index in [-0.39, 0.29) is 6.42 Å². The molecule has 2 heterocycles. The summed E-state index contributed by atoms with van der Waals surface area (Å²) in [6.45, 7) is 3.24. The van der Waals surface area contributed by atoms with Crippen molar-refractivity contribution in [3.63, 3.8) is 0 Å². The maximum Gasteiger partial charge on any atom is 0.126 e. The summed E-state index contributed by atoms with van der Waals surface area (Å²) < 4.78 is 34.5. The van der Waals surface area contributed by atoms with Crippen molar-refractivity contribution in [2.45, 2.75) is 6.42 Å². The Kier molecular flexibility index (Phi) is 4.67. The SMILES string of the molecule is Fc1ccc(F)c(Cc2ccnn2-c2ccc(N3CCOCC3)cc2)c1. The van der Waals surface area contributed by atoms with Gasteiger partial charge in [0.25, 0.3) is 0 Å². The number of anilines is 1. The van der Waals surface area contributed by atoms with Crippen LogP contribution in [0.2, 0.25) is 0 Å². The van der Waals surface area contributed by atoms with Crippen molar-refractivity contribution in [1.82, 2.24) is 9.78 Å². The highest BCUT2D eigenvalue weighted by Crippen LogP contribution is 2.21. The van der Waals surface area contributed by atoms with Crippen LogP contribution in [-0.4, -0.2) is 36.1 Å². The number of hydrogen-bond acceptors (Lipinski definition) is 3. The molecular weight excluding hydrogens is 336 g/mol. The van der Waals surface area contributed by atoms with E-state index in [0.717, 1.165) is 55.5 Å². The molecule has 134 valence electrons. The van der Waals surface area contributed by atoms with E-state index >= 15 is 0 Å². The van der Waals surface area contributed by atoms with Crippen molar-refractivity contribution in [2.24, 2.45) is 0 Å². The maximum atomic E-state index is 13.9. The second-order valence-electron chi connectivity index (χ2n) is 6.26. The van der Waals surface area contributed by atoms with Crippen LogP contribution in [0.25, 0.3) is 5.69 Å². The first-order chi connectivity index (χ1) is 12.7. The highest BCUT2D eigenvalue weighted by Gasteiger charge is 2.13. The van der Waals surface area contributed by atoms with Gasteiger partial charge in [-0.1, -0.05) is 0 Å². The molecule has 6 heteroatoms. The van der Waals surface area contributed by atoms with Crippen molar-refractivity contribution < 1.29 is 13.5 Å². The number of nitrogens with zero attached hydrogens (tertiary/aromatic N) is 3. The molecule has 1 fully saturated rings. The van der Waals surface area contributed by atoms with Gasteiger partial charge in [-0.3, -0.25) is 0 Å². The smallest absolute Gasteiger partial charge is 0.126 e. The molecule has 4 nitrogen and oxygen atoms in total. The molecule has 0 N–H and O–H groups in total. The topological polar surface area (TPSA) is 30.3 Å². The minimum Gasteiger partial charge on any atom is -0.378 e. The molecule has 2 aromatic carbocycles. The fourth-order valence-corrected chi connectivity index (χ4v) is 3.20. The molecule has 26 heavy (non-hydrogen) atoms. The second kappa shape index (κ2) is 7.25. The average Bonchev–Trinajstić information content (AvgIpc) is 3.14. The van der Waals surface area contributed by atoms with Gasteiger partial charge in [0.05, 0.1) is 18.9 Å². The lowest BCUT2D eigenvalue weighted by Crippen LogP contribution is -2.36. The highest BCUT2D eigenvalue weighted by molar-refractivity contribution is 5.51. The molecule has 1 aliphatic heterocycles. The zero-order valence-corrected chi connectivity index (χ0v) is 14.2. The molecule has 1 saturated heterocycles. The summed E-state index contributed by atoms with van der Waals surface area (Å²) in [6, 6.07) is 13.4. The Balaban J connectivity index is 1.57. The Hall–Kier alpha value is -2.73. The predicted molar refractivity (Wildman–Crippen MR) is 95.8 cm³/mol. The fraction of sp³-hybridized carbons (Fsp3) is 0.250. The number of morpholine rings is 1. The Morgan fingerprint density at radius 1 is 0.923 bits per heavy atom. The normalized spacial score (nSPS) is 14.6. The summed E-state index contributed by atoms with van der Waals surface area (Å²) in [7, 11) is 0. The van der Waals surface area contributed by atoms with Crippen LogP contribution in [0.1, 0.15) is 11.3 Å². The Labute approximate surface area is 150 Å². The lowest BCUT2D eigenvalue weighted by atomic mass is 10.1. The van der Waals surface area contributed by atoms with Crippen molar-refractivity contribution in [1.29, 1.82) is 0 Å². The van der Waals surface area contributed by atoms with Gasteiger partial charge in [-0.25, -0.2) is 13.5 Å². The summed E-state index contributed by atoms with van der Waals surface area (Å²) >= 11 is 0. The number of benzene rings is 2. The number of hydrogen-bond donors (Lipinski definition) is 0. The molecule has 4 rings (SSSR count). The monoisotopic (exact) mass is 355 g/mol. The first kappa shape index (κ1) is 16.7. The molecular formula is C20H19F2N3O. The standard InChI is InChI=1S/C20H19F2N3O/c21-16-1-6-20(22)15(13-16)14-19-7-8-23-25(19)18-4-2-17(3-5-18)24-9-11-26-12-10-24/h1-8,13H,9-12,14H2. The summed E-state index contributed by atoms with van der Waals surface area (Å²) in [5.74, 6) is -0.857. The van der Waals surface area contributed by atoms with Crippen LogP contribution in [0.15, 0.2) is 54.7 Å². The van der Waals surface area contributed by atoms with Crippen LogP contribution >= 0.6 is 0 Å². The van der Waals surface area contributed by atoms with Crippen LogP contribution in [0, 0.1) is 11.6 Å². The number of aromatic nitrogens is 2. The van der Waals surface area contributed by atoms with E-state index in [0.29, 0.717) is 5.56 Å². The zero-order valence-electron chi connectivity index (χ0n) is 14.2. The van der Waals surface area contributed by atoms with Gasteiger partial charge in [-0.05, 0) is 54.1 Å². The third-order valence-electron chi connectivity index (χ3n) is 4.57. The van der Waals surface area contributed by atoms with Gasteiger partial charge < -0.3 is 9.64 Å². The van der Waals surface area contributed by atoms with E-state index in [1.165, 1.54) is 6.07 Å². The Bertz CT molecular complexity index is 886. The van der Waals surface area contributed by atoms with Crippen LogP contribution in [0.4, 0.5) is 14.5 Å². The molecule has 0 unspecified atom stereocenters. The number of halogens is 2. The fourth-order valence-electron chi connectivity index (χ4n) is 3.20. The maximum absolute atomic E-state index is 13.9. The largest absolute Gasteiger partial charge is 0.378 e. The predicted octanol–water partition coefficient (Wildman–Crippen LogP) is 3.58. The summed E-state index contributed by atoms with van der Waals surface area (Å²) in [6.07, 6.45) is 1.94. The first-order valence-electron chi connectivity index (χ1n) is 8.61. The van der Waals surface area contributed by atoms with Crippen LogP contribution < -0.4 is 4.90 Å².